The second-order valence-electron chi connectivity index (χ2n) is 9.45. The molecule has 0 bridgehead atoms. The zero-order chi connectivity index (χ0) is 24.5. The molecule has 1 heterocycles. The van der Waals surface area contributed by atoms with Crippen molar-refractivity contribution in [2.75, 3.05) is 11.6 Å². The molecular weight excluding hydrogens is 431 g/mol. The Balaban J connectivity index is 1.73. The minimum absolute atomic E-state index is 0.172. The Hall–Kier alpha value is -3.67. The third-order valence-corrected chi connectivity index (χ3v) is 5.78. The van der Waals surface area contributed by atoms with E-state index in [1.165, 1.54) is 17.1 Å². The summed E-state index contributed by atoms with van der Waals surface area (Å²) >= 11 is 0. The van der Waals surface area contributed by atoms with Crippen LogP contribution < -0.4 is 5.01 Å². The number of ether oxygens (including phenoxy) is 1. The maximum Gasteiger partial charge on any atom is 0.430 e. The maximum absolute atomic E-state index is 13.4. The molecule has 4 rings (SSSR count). The normalized spacial score (nSPS) is 13.9. The second-order valence-corrected chi connectivity index (χ2v) is 9.45. The van der Waals surface area contributed by atoms with E-state index in [0.29, 0.717) is 12.1 Å². The van der Waals surface area contributed by atoms with Gasteiger partial charge in [-0.15, -0.1) is 0 Å². The first-order valence-electron chi connectivity index (χ1n) is 11.4. The lowest BCUT2D eigenvalue weighted by Crippen LogP contribution is -2.55. The van der Waals surface area contributed by atoms with Gasteiger partial charge >= 0.3 is 6.09 Å². The molecule has 0 saturated heterocycles. The van der Waals surface area contributed by atoms with Crippen LogP contribution in [0.1, 0.15) is 43.6 Å². The fourth-order valence-electron chi connectivity index (χ4n) is 4.14. The zero-order valence-corrected chi connectivity index (χ0v) is 19.9. The molecule has 0 spiro atoms. The van der Waals surface area contributed by atoms with Crippen LogP contribution in [0.15, 0.2) is 72.8 Å². The molecule has 0 N–H and O–H groups in total. The lowest BCUT2D eigenvalue weighted by molar-refractivity contribution is 0.0151. The smallest absolute Gasteiger partial charge is 0.430 e. The van der Waals surface area contributed by atoms with Gasteiger partial charge in [0.1, 0.15) is 17.5 Å². The average Bonchev–Trinajstić information content (AvgIpc) is 3.21. The van der Waals surface area contributed by atoms with Gasteiger partial charge in [-0.25, -0.2) is 14.2 Å². The number of anilines is 1. The number of rotatable bonds is 5. The molecule has 1 aliphatic heterocycles. The molecule has 1 amide bonds. The average molecular weight is 461 g/mol. The first kappa shape index (κ1) is 23.5. The predicted molar refractivity (Wildman–Crippen MR) is 131 cm³/mol. The van der Waals surface area contributed by atoms with Gasteiger partial charge in [-0.2, -0.15) is 0 Å². The molecule has 0 fully saturated rings. The number of carbonyl (C=O) groups is 2. The molecule has 0 radical (unpaired) electrons. The van der Waals surface area contributed by atoms with Crippen LogP contribution in [0, 0.1) is 5.82 Å². The molecule has 1 unspecified atom stereocenters. The van der Waals surface area contributed by atoms with Crippen LogP contribution >= 0.6 is 0 Å². The van der Waals surface area contributed by atoms with Crippen molar-refractivity contribution in [3.8, 4) is 11.1 Å². The van der Waals surface area contributed by atoms with E-state index in [-0.39, 0.29) is 11.6 Å². The van der Waals surface area contributed by atoms with Gasteiger partial charge in [0.2, 0.25) is 0 Å². The number of nitrogens with zero attached hydrogens (tertiary/aromatic N) is 2. The molecule has 34 heavy (non-hydrogen) atoms. The summed E-state index contributed by atoms with van der Waals surface area (Å²) in [5.41, 5.74) is 3.48. The summed E-state index contributed by atoms with van der Waals surface area (Å²) < 4.78 is 19.1. The van der Waals surface area contributed by atoms with Gasteiger partial charge in [0, 0.05) is 12.1 Å². The molecule has 3 aromatic rings. The molecule has 0 saturated carbocycles. The Morgan fingerprint density at radius 1 is 0.971 bits per heavy atom. The highest BCUT2D eigenvalue weighted by Crippen LogP contribution is 2.35. The number of Topliss-reactive ketones (excluding diaryl/α,β-unsaturated/α-hetero) is 1. The maximum atomic E-state index is 13.4. The topological polar surface area (TPSA) is 49.9 Å². The molecule has 176 valence electrons. The Morgan fingerprint density at radius 2 is 1.62 bits per heavy atom. The summed E-state index contributed by atoms with van der Waals surface area (Å²) in [6, 6.07) is 20.5. The van der Waals surface area contributed by atoms with Gasteiger partial charge in [-0.3, -0.25) is 9.80 Å². The number of hydrogen-bond donors (Lipinski definition) is 0. The Morgan fingerprint density at radius 3 is 2.26 bits per heavy atom. The van der Waals surface area contributed by atoms with Crippen molar-refractivity contribution >= 4 is 17.6 Å². The summed E-state index contributed by atoms with van der Waals surface area (Å²) in [4.78, 5) is 26.7. The fraction of sp³-hybridized carbons (Fsp3) is 0.286. The largest absolute Gasteiger partial charge is 0.442 e. The van der Waals surface area contributed by atoms with Gasteiger partial charge in [-0.05, 0) is 69.0 Å². The molecule has 1 atom stereocenters. The molecule has 3 aromatic carbocycles. The van der Waals surface area contributed by atoms with Crippen molar-refractivity contribution in [1.82, 2.24) is 5.01 Å². The minimum Gasteiger partial charge on any atom is -0.442 e. The number of hydrogen-bond acceptors (Lipinski definition) is 4. The van der Waals surface area contributed by atoms with Crippen LogP contribution in [0.2, 0.25) is 0 Å². The first-order valence-corrected chi connectivity index (χ1v) is 11.4. The number of halogens is 1. The van der Waals surface area contributed by atoms with Crippen LogP contribution in [0.4, 0.5) is 14.9 Å². The lowest BCUT2D eigenvalue weighted by atomic mass is 10.0. The van der Waals surface area contributed by atoms with E-state index in [9.17, 15) is 14.0 Å². The van der Waals surface area contributed by atoms with Crippen LogP contribution in [-0.4, -0.2) is 35.1 Å². The van der Waals surface area contributed by atoms with E-state index in [0.717, 1.165) is 28.8 Å². The molecule has 0 aliphatic carbocycles. The van der Waals surface area contributed by atoms with Crippen molar-refractivity contribution in [3.05, 3.63) is 89.7 Å². The highest BCUT2D eigenvalue weighted by atomic mass is 19.1. The van der Waals surface area contributed by atoms with E-state index >= 15 is 0 Å². The molecule has 1 aliphatic rings. The quantitative estimate of drug-likeness (QED) is 0.421. The summed E-state index contributed by atoms with van der Waals surface area (Å²) in [5.74, 6) is -0.467. The van der Waals surface area contributed by atoms with Gasteiger partial charge < -0.3 is 4.74 Å². The highest BCUT2D eigenvalue weighted by molar-refractivity contribution is 6.01. The van der Waals surface area contributed by atoms with Crippen LogP contribution in [0.3, 0.4) is 0 Å². The molecular formula is C28H29FN2O3. The minimum atomic E-state index is -0.780. The highest BCUT2D eigenvalue weighted by Gasteiger charge is 2.37. The SMILES string of the molecule is CC(C(=O)c1ccccc1)N(C(=O)OC(C)(C)C)N1CCc2ccc(-c3ccc(F)cc3)cc21. The van der Waals surface area contributed by atoms with E-state index < -0.39 is 17.7 Å². The summed E-state index contributed by atoms with van der Waals surface area (Å²) in [7, 11) is 0. The lowest BCUT2D eigenvalue weighted by Gasteiger charge is -2.38. The molecule has 0 aromatic heterocycles. The van der Waals surface area contributed by atoms with Crippen LogP contribution in [0.5, 0.6) is 0 Å². The van der Waals surface area contributed by atoms with E-state index in [1.54, 1.807) is 64.1 Å². The van der Waals surface area contributed by atoms with Gasteiger partial charge in [0.25, 0.3) is 0 Å². The predicted octanol–water partition coefficient (Wildman–Crippen LogP) is 6.28. The van der Waals surface area contributed by atoms with E-state index in [4.69, 9.17) is 4.74 Å². The van der Waals surface area contributed by atoms with Gasteiger partial charge in [-0.1, -0.05) is 54.6 Å². The van der Waals surface area contributed by atoms with E-state index in [1.807, 2.05) is 29.3 Å². The van der Waals surface area contributed by atoms with Crippen molar-refractivity contribution in [2.45, 2.75) is 45.8 Å². The summed E-state index contributed by atoms with van der Waals surface area (Å²) in [6.45, 7) is 7.67. The third kappa shape index (κ3) is 4.96. The van der Waals surface area contributed by atoms with Crippen molar-refractivity contribution in [2.24, 2.45) is 0 Å². The molecule has 6 heteroatoms. The van der Waals surface area contributed by atoms with Crippen LogP contribution in [0.25, 0.3) is 11.1 Å². The van der Waals surface area contributed by atoms with Gasteiger partial charge in [0.15, 0.2) is 5.78 Å². The summed E-state index contributed by atoms with van der Waals surface area (Å²) in [6.07, 6.45) is 0.147. The number of carbonyl (C=O) groups excluding carboxylic acids is 2. The first-order chi connectivity index (χ1) is 16.1. The number of fused-ring (bicyclic) bond motifs is 1. The number of benzene rings is 3. The van der Waals surface area contributed by atoms with Crippen molar-refractivity contribution in [1.29, 1.82) is 0 Å². The Kier molecular flexibility index (Phi) is 6.42. The van der Waals surface area contributed by atoms with Gasteiger partial charge in [0.05, 0.1) is 5.69 Å². The van der Waals surface area contributed by atoms with Crippen molar-refractivity contribution in [3.63, 3.8) is 0 Å². The fourth-order valence-corrected chi connectivity index (χ4v) is 4.14. The number of amides is 1. The zero-order valence-electron chi connectivity index (χ0n) is 19.9. The molecule has 5 nitrogen and oxygen atoms in total. The van der Waals surface area contributed by atoms with E-state index in [2.05, 4.69) is 0 Å². The standard InChI is InChI=1S/C28H29FN2O3/c1-19(26(32)22-8-6-5-7-9-22)31(27(33)34-28(2,3)4)30-17-16-21-10-11-23(18-25(21)30)20-12-14-24(29)15-13-20/h5-15,18-19H,16-17H2,1-4H3. The summed E-state index contributed by atoms with van der Waals surface area (Å²) in [5, 5.41) is 3.27. The Bertz CT molecular complexity index is 1190. The number of hydrazine groups is 1. The monoisotopic (exact) mass is 460 g/mol. The third-order valence-electron chi connectivity index (χ3n) is 5.78. The number of ketones is 1. The Labute approximate surface area is 199 Å². The van der Waals surface area contributed by atoms with Crippen molar-refractivity contribution < 1.29 is 18.7 Å². The van der Waals surface area contributed by atoms with Crippen LogP contribution in [-0.2, 0) is 11.2 Å². The second kappa shape index (κ2) is 9.29.